The minimum atomic E-state index is -0.612. The molecule has 1 aromatic carbocycles. The fourth-order valence-electron chi connectivity index (χ4n) is 3.10. The lowest BCUT2D eigenvalue weighted by molar-refractivity contribution is -0.0502. The highest BCUT2D eigenvalue weighted by molar-refractivity contribution is 5.43. The zero-order valence-electron chi connectivity index (χ0n) is 13.0. The molecule has 0 spiro atoms. The number of hydrogen-bond donors (Lipinski definition) is 2. The van der Waals surface area contributed by atoms with Crippen molar-refractivity contribution in [3.63, 3.8) is 0 Å². The van der Waals surface area contributed by atoms with E-state index < -0.39 is 6.10 Å². The molecule has 3 unspecified atom stereocenters. The highest BCUT2D eigenvalue weighted by Gasteiger charge is 2.25. The molecule has 0 saturated heterocycles. The summed E-state index contributed by atoms with van der Waals surface area (Å²) >= 11 is 0. The number of aliphatic hydroxyl groups is 1. The lowest BCUT2D eigenvalue weighted by Gasteiger charge is -2.31. The van der Waals surface area contributed by atoms with Crippen LogP contribution in [-0.4, -0.2) is 30.5 Å². The zero-order valence-corrected chi connectivity index (χ0v) is 13.0. The molecule has 0 aliphatic heterocycles. The van der Waals surface area contributed by atoms with Crippen LogP contribution in [0.25, 0.3) is 0 Å². The van der Waals surface area contributed by atoms with Gasteiger partial charge in [-0.25, -0.2) is 0 Å². The van der Waals surface area contributed by atoms with Crippen LogP contribution < -0.4 is 10.5 Å². The van der Waals surface area contributed by atoms with E-state index in [0.717, 1.165) is 12.8 Å². The topological polar surface area (TPSA) is 64.7 Å². The maximum atomic E-state index is 9.96. The second kappa shape index (κ2) is 7.66. The summed E-state index contributed by atoms with van der Waals surface area (Å²) in [6, 6.07) is 7.21. The number of nitrogens with two attached hydrogens (primary N) is 1. The molecular weight excluding hydrogens is 266 g/mol. The van der Waals surface area contributed by atoms with E-state index >= 15 is 0 Å². The predicted octanol–water partition coefficient (Wildman–Crippen LogP) is 2.85. The molecule has 0 amide bonds. The van der Waals surface area contributed by atoms with Gasteiger partial charge in [-0.3, -0.25) is 0 Å². The maximum absolute atomic E-state index is 9.96. The van der Waals surface area contributed by atoms with E-state index in [-0.39, 0.29) is 12.7 Å². The third kappa shape index (κ3) is 5.56. The van der Waals surface area contributed by atoms with E-state index in [2.05, 4.69) is 13.8 Å². The quantitative estimate of drug-likeness (QED) is 0.792. The fraction of sp³-hybridized carbons (Fsp3) is 0.647. The van der Waals surface area contributed by atoms with Gasteiger partial charge in [-0.2, -0.15) is 0 Å². The SMILES string of the molecule is CC1CC(C)CC(OCC(O)COc2cccc(N)c2)C1. The molecule has 0 aromatic heterocycles. The Morgan fingerprint density at radius 1 is 1.19 bits per heavy atom. The molecule has 1 aliphatic carbocycles. The molecule has 4 nitrogen and oxygen atoms in total. The molecular formula is C17H27NO3. The minimum Gasteiger partial charge on any atom is -0.491 e. The Kier molecular flexibility index (Phi) is 5.88. The van der Waals surface area contributed by atoms with E-state index in [1.807, 2.05) is 12.1 Å². The summed E-state index contributed by atoms with van der Waals surface area (Å²) in [7, 11) is 0. The monoisotopic (exact) mass is 293 g/mol. The van der Waals surface area contributed by atoms with Crippen LogP contribution in [0.15, 0.2) is 24.3 Å². The minimum absolute atomic E-state index is 0.223. The summed E-state index contributed by atoms with van der Waals surface area (Å²) in [4.78, 5) is 0. The van der Waals surface area contributed by atoms with Gasteiger partial charge in [-0.15, -0.1) is 0 Å². The Morgan fingerprint density at radius 3 is 2.57 bits per heavy atom. The molecule has 4 heteroatoms. The normalized spacial score (nSPS) is 27.3. The van der Waals surface area contributed by atoms with E-state index in [9.17, 15) is 5.11 Å². The van der Waals surface area contributed by atoms with Crippen molar-refractivity contribution in [1.29, 1.82) is 0 Å². The summed E-state index contributed by atoms with van der Waals surface area (Å²) in [5.74, 6) is 2.09. The summed E-state index contributed by atoms with van der Waals surface area (Å²) < 4.78 is 11.4. The van der Waals surface area contributed by atoms with E-state index in [4.69, 9.17) is 15.2 Å². The van der Waals surface area contributed by atoms with Crippen molar-refractivity contribution in [3.05, 3.63) is 24.3 Å². The van der Waals surface area contributed by atoms with Crippen LogP contribution in [0.2, 0.25) is 0 Å². The third-order valence-electron chi connectivity index (χ3n) is 3.96. The van der Waals surface area contributed by atoms with Gasteiger partial charge < -0.3 is 20.3 Å². The first-order valence-corrected chi connectivity index (χ1v) is 7.81. The van der Waals surface area contributed by atoms with Crippen LogP contribution in [0.4, 0.5) is 5.69 Å². The lowest BCUT2D eigenvalue weighted by atomic mass is 9.82. The molecule has 0 heterocycles. The van der Waals surface area contributed by atoms with Crippen molar-refractivity contribution in [3.8, 4) is 5.75 Å². The average Bonchev–Trinajstić information content (AvgIpc) is 2.42. The van der Waals surface area contributed by atoms with Crippen LogP contribution in [-0.2, 0) is 4.74 Å². The van der Waals surface area contributed by atoms with Crippen LogP contribution in [0.3, 0.4) is 0 Å². The standard InChI is InChI=1S/C17H27NO3/c1-12-6-13(2)8-17(7-12)21-11-15(19)10-20-16-5-3-4-14(18)9-16/h3-5,9,12-13,15,17,19H,6-8,10-11,18H2,1-2H3. The summed E-state index contributed by atoms with van der Waals surface area (Å²) in [5.41, 5.74) is 6.34. The summed E-state index contributed by atoms with van der Waals surface area (Å²) in [5, 5.41) is 9.96. The number of benzene rings is 1. The molecule has 118 valence electrons. The lowest BCUT2D eigenvalue weighted by Crippen LogP contribution is -2.31. The number of rotatable bonds is 6. The number of ether oxygens (including phenoxy) is 2. The first-order chi connectivity index (χ1) is 10.0. The molecule has 1 saturated carbocycles. The van der Waals surface area contributed by atoms with Gasteiger partial charge in [0.1, 0.15) is 18.5 Å². The van der Waals surface area contributed by atoms with Crippen molar-refractivity contribution in [2.45, 2.75) is 45.3 Å². The van der Waals surface area contributed by atoms with Gasteiger partial charge in [0.05, 0.1) is 12.7 Å². The van der Waals surface area contributed by atoms with Gasteiger partial charge in [0.25, 0.3) is 0 Å². The molecule has 1 aromatic rings. The van der Waals surface area contributed by atoms with Crippen molar-refractivity contribution < 1.29 is 14.6 Å². The molecule has 3 N–H and O–H groups in total. The first-order valence-electron chi connectivity index (χ1n) is 7.81. The van der Waals surface area contributed by atoms with Crippen LogP contribution >= 0.6 is 0 Å². The smallest absolute Gasteiger partial charge is 0.121 e. The average molecular weight is 293 g/mol. The van der Waals surface area contributed by atoms with Gasteiger partial charge in [0.2, 0.25) is 0 Å². The highest BCUT2D eigenvalue weighted by atomic mass is 16.5. The van der Waals surface area contributed by atoms with Crippen LogP contribution in [0, 0.1) is 11.8 Å². The Morgan fingerprint density at radius 2 is 1.90 bits per heavy atom. The van der Waals surface area contributed by atoms with Crippen LogP contribution in [0.5, 0.6) is 5.75 Å². The summed E-state index contributed by atoms with van der Waals surface area (Å²) in [6.45, 7) is 5.09. The van der Waals surface area contributed by atoms with Gasteiger partial charge in [0, 0.05) is 11.8 Å². The molecule has 0 bridgehead atoms. The molecule has 21 heavy (non-hydrogen) atoms. The van der Waals surface area contributed by atoms with Crippen LogP contribution in [0.1, 0.15) is 33.1 Å². The second-order valence-electron chi connectivity index (χ2n) is 6.41. The Balaban J connectivity index is 1.68. The molecule has 1 fully saturated rings. The van der Waals surface area contributed by atoms with Gasteiger partial charge in [-0.05, 0) is 43.2 Å². The third-order valence-corrected chi connectivity index (χ3v) is 3.96. The number of anilines is 1. The highest BCUT2D eigenvalue weighted by Crippen LogP contribution is 2.30. The second-order valence-corrected chi connectivity index (χ2v) is 6.41. The van der Waals surface area contributed by atoms with Gasteiger partial charge in [-0.1, -0.05) is 19.9 Å². The largest absolute Gasteiger partial charge is 0.491 e. The Hall–Kier alpha value is -1.26. The molecule has 2 rings (SSSR count). The van der Waals surface area contributed by atoms with E-state index in [1.54, 1.807) is 12.1 Å². The van der Waals surface area contributed by atoms with Crippen molar-refractivity contribution in [2.75, 3.05) is 18.9 Å². The first kappa shape index (κ1) is 16.1. The predicted molar refractivity (Wildman–Crippen MR) is 84.3 cm³/mol. The maximum Gasteiger partial charge on any atom is 0.121 e. The number of hydrogen-bond acceptors (Lipinski definition) is 4. The fourth-order valence-corrected chi connectivity index (χ4v) is 3.10. The molecule has 3 atom stereocenters. The van der Waals surface area contributed by atoms with Crippen molar-refractivity contribution in [1.82, 2.24) is 0 Å². The van der Waals surface area contributed by atoms with Crippen molar-refractivity contribution >= 4 is 5.69 Å². The zero-order chi connectivity index (χ0) is 15.2. The van der Waals surface area contributed by atoms with E-state index in [0.29, 0.717) is 29.9 Å². The molecule has 0 radical (unpaired) electrons. The Bertz CT molecular complexity index is 428. The molecule has 1 aliphatic rings. The number of nitrogen functional groups attached to an aromatic ring is 1. The number of aliphatic hydroxyl groups excluding tert-OH is 1. The summed E-state index contributed by atoms with van der Waals surface area (Å²) in [6.07, 6.45) is 3.12. The van der Waals surface area contributed by atoms with E-state index in [1.165, 1.54) is 6.42 Å². The van der Waals surface area contributed by atoms with Gasteiger partial charge >= 0.3 is 0 Å². The Labute approximate surface area is 127 Å². The van der Waals surface area contributed by atoms with Crippen molar-refractivity contribution in [2.24, 2.45) is 11.8 Å². The van der Waals surface area contributed by atoms with Gasteiger partial charge in [0.15, 0.2) is 0 Å².